The van der Waals surface area contributed by atoms with Crippen LogP contribution in [0.5, 0.6) is 0 Å². The normalized spacial score (nSPS) is 18.4. The lowest BCUT2D eigenvalue weighted by Crippen LogP contribution is -2.49. The summed E-state index contributed by atoms with van der Waals surface area (Å²) in [7, 11) is 0. The predicted molar refractivity (Wildman–Crippen MR) is 155 cm³/mol. The maximum atomic E-state index is 13.8. The van der Waals surface area contributed by atoms with Crippen molar-refractivity contribution in [2.45, 2.75) is 64.6 Å². The van der Waals surface area contributed by atoms with Crippen LogP contribution in [0.3, 0.4) is 0 Å². The van der Waals surface area contributed by atoms with Crippen molar-refractivity contribution >= 4 is 29.1 Å². The Balaban J connectivity index is 1.56. The van der Waals surface area contributed by atoms with Crippen LogP contribution < -0.4 is 16.4 Å². The van der Waals surface area contributed by atoms with Gasteiger partial charge in [0.1, 0.15) is 17.7 Å². The molecule has 0 unspecified atom stereocenters. The van der Waals surface area contributed by atoms with Gasteiger partial charge in [0.25, 0.3) is 0 Å². The molecule has 0 aliphatic carbocycles. The molecule has 3 aromatic rings. The van der Waals surface area contributed by atoms with Gasteiger partial charge >= 0.3 is 0 Å². The van der Waals surface area contributed by atoms with Crippen molar-refractivity contribution in [3.05, 3.63) is 58.6 Å². The summed E-state index contributed by atoms with van der Waals surface area (Å²) in [4.78, 5) is 46.9. The Morgan fingerprint density at radius 2 is 1.95 bits per heavy atom. The van der Waals surface area contributed by atoms with E-state index in [1.165, 1.54) is 4.90 Å². The van der Waals surface area contributed by atoms with E-state index < -0.39 is 30.0 Å². The predicted octanol–water partition coefficient (Wildman–Crippen LogP) is 2.44. The minimum atomic E-state index is -0.906. The Bertz CT molecular complexity index is 1350. The molecule has 11 nitrogen and oxygen atoms in total. The molecule has 3 heterocycles. The van der Waals surface area contributed by atoms with Gasteiger partial charge in [-0.05, 0) is 30.9 Å². The third-order valence-electron chi connectivity index (χ3n) is 7.24. The van der Waals surface area contributed by atoms with Crippen LogP contribution in [-0.4, -0.2) is 69.6 Å². The molecule has 0 saturated carbocycles. The monoisotopic (exact) mass is 582 g/mol. The number of aryl methyl sites for hydroxylation is 2. The van der Waals surface area contributed by atoms with Crippen LogP contribution in [-0.2, 0) is 14.4 Å². The number of hydrogen-bond donors (Lipinski definition) is 4. The van der Waals surface area contributed by atoms with E-state index in [1.807, 2.05) is 45.0 Å². The van der Waals surface area contributed by atoms with Crippen molar-refractivity contribution in [3.63, 3.8) is 0 Å². The summed E-state index contributed by atoms with van der Waals surface area (Å²) in [6, 6.07) is 7.79. The van der Waals surface area contributed by atoms with E-state index in [0.29, 0.717) is 24.5 Å². The molecule has 0 bridgehead atoms. The molecular weight excluding hydrogens is 544 g/mol. The van der Waals surface area contributed by atoms with Crippen LogP contribution in [0.25, 0.3) is 10.4 Å². The number of likely N-dealkylation sites (tertiary alicyclic amines) is 1. The van der Waals surface area contributed by atoms with E-state index in [0.717, 1.165) is 21.7 Å². The zero-order valence-corrected chi connectivity index (χ0v) is 24.6. The second-order valence-corrected chi connectivity index (χ2v) is 11.6. The molecule has 5 N–H and O–H groups in total. The number of nitrogens with two attached hydrogens (primary N) is 1. The van der Waals surface area contributed by atoms with Gasteiger partial charge in [-0.3, -0.25) is 14.4 Å². The van der Waals surface area contributed by atoms with Crippen molar-refractivity contribution in [1.29, 1.82) is 0 Å². The molecule has 0 radical (unpaired) electrons. The highest BCUT2D eigenvalue weighted by atomic mass is 32.1. The molecule has 0 spiro atoms. The van der Waals surface area contributed by atoms with Crippen molar-refractivity contribution in [2.24, 2.45) is 11.7 Å². The lowest BCUT2D eigenvalue weighted by atomic mass is 9.91. The Labute approximate surface area is 243 Å². The minimum absolute atomic E-state index is 0.0140. The number of aromatic nitrogens is 2. The first-order valence-corrected chi connectivity index (χ1v) is 14.7. The summed E-state index contributed by atoms with van der Waals surface area (Å²) < 4.78 is 5.42. The van der Waals surface area contributed by atoms with E-state index in [4.69, 9.17) is 10.3 Å². The number of rotatable bonds is 11. The summed E-state index contributed by atoms with van der Waals surface area (Å²) in [5.41, 5.74) is 10.6. The molecule has 1 aliphatic rings. The van der Waals surface area contributed by atoms with Gasteiger partial charge in [0, 0.05) is 32.1 Å². The topological polar surface area (TPSA) is 164 Å². The number of nitrogens with one attached hydrogen (secondary N) is 2. The summed E-state index contributed by atoms with van der Waals surface area (Å²) in [5, 5.41) is 20.2. The summed E-state index contributed by atoms with van der Waals surface area (Å²) in [6.07, 6.45) is -0.778. The third-order valence-corrected chi connectivity index (χ3v) is 8.22. The highest BCUT2D eigenvalue weighted by Crippen LogP contribution is 2.32. The second kappa shape index (κ2) is 13.4. The van der Waals surface area contributed by atoms with E-state index in [2.05, 4.69) is 20.8 Å². The third kappa shape index (κ3) is 7.19. The van der Waals surface area contributed by atoms with Crippen molar-refractivity contribution in [2.75, 3.05) is 19.6 Å². The van der Waals surface area contributed by atoms with Crippen LogP contribution >= 0.6 is 11.3 Å². The Kier molecular flexibility index (Phi) is 9.90. The number of aliphatic hydroxyl groups excluding tert-OH is 1. The van der Waals surface area contributed by atoms with Crippen molar-refractivity contribution < 1.29 is 24.0 Å². The van der Waals surface area contributed by atoms with Gasteiger partial charge in [-0.2, -0.15) is 0 Å². The van der Waals surface area contributed by atoms with Crippen LogP contribution in [0.2, 0.25) is 0 Å². The molecule has 4 rings (SSSR count). The van der Waals surface area contributed by atoms with Crippen LogP contribution in [0, 0.1) is 19.8 Å². The number of β-amino-alcohol motifs (C(OH)–C–C–N with tert-alkyl or cyclic N) is 1. The zero-order valence-electron chi connectivity index (χ0n) is 23.8. The summed E-state index contributed by atoms with van der Waals surface area (Å²) in [5.74, 6) is -1.37. The number of benzene rings is 1. The van der Waals surface area contributed by atoms with E-state index >= 15 is 0 Å². The van der Waals surface area contributed by atoms with Crippen molar-refractivity contribution in [1.82, 2.24) is 25.7 Å². The fourth-order valence-corrected chi connectivity index (χ4v) is 6.00. The number of thiazole rings is 1. The molecular formula is C29H38N6O5S. The number of carbonyl (C=O) groups excluding carboxylic acids is 3. The van der Waals surface area contributed by atoms with E-state index in [9.17, 15) is 19.5 Å². The number of amides is 3. The average molecular weight is 583 g/mol. The molecule has 4 atom stereocenters. The largest absolute Gasteiger partial charge is 0.391 e. The van der Waals surface area contributed by atoms with Crippen LogP contribution in [0.15, 0.2) is 40.4 Å². The first-order valence-electron chi connectivity index (χ1n) is 13.8. The summed E-state index contributed by atoms with van der Waals surface area (Å²) in [6.45, 7) is 8.16. The lowest BCUT2D eigenvalue weighted by Gasteiger charge is -2.30. The molecule has 220 valence electrons. The van der Waals surface area contributed by atoms with Gasteiger partial charge in [0.2, 0.25) is 17.7 Å². The smallest absolute Gasteiger partial charge is 0.243 e. The molecule has 2 aromatic heterocycles. The second-order valence-electron chi connectivity index (χ2n) is 10.8. The van der Waals surface area contributed by atoms with Crippen LogP contribution in [0.1, 0.15) is 61.4 Å². The Morgan fingerprint density at radius 3 is 2.54 bits per heavy atom. The van der Waals surface area contributed by atoms with Gasteiger partial charge in [0.05, 0.1) is 40.3 Å². The molecule has 12 heteroatoms. The fraction of sp³-hybridized carbons (Fsp3) is 0.483. The average Bonchev–Trinajstić information content (AvgIpc) is 3.66. The first kappa shape index (κ1) is 30.4. The van der Waals surface area contributed by atoms with Gasteiger partial charge in [-0.25, -0.2) is 4.98 Å². The van der Waals surface area contributed by atoms with Crippen molar-refractivity contribution in [3.8, 4) is 10.4 Å². The van der Waals surface area contributed by atoms with Crippen LogP contribution in [0.4, 0.5) is 0 Å². The van der Waals surface area contributed by atoms with Gasteiger partial charge < -0.3 is 30.9 Å². The van der Waals surface area contributed by atoms with Gasteiger partial charge in [-0.1, -0.05) is 43.3 Å². The number of carbonyl (C=O) groups is 3. The first-order chi connectivity index (χ1) is 19.6. The standard InChI is InChI=1S/C29H38N6O5S/c1-16(2)26(24-11-17(3)34-40-24)29(39)35-14-21(36)12-23(35)28(38)33-22(13-25(37)31-10-9-30)19-5-7-20(8-6-19)27-18(4)32-15-41-27/h5-8,11,15-16,21-23,26,36H,9-10,12-14,30H2,1-4H3,(H,31,37)(H,33,38)/t21-,22+,23+,26-/m1/s1. The zero-order chi connectivity index (χ0) is 29.7. The molecule has 3 amide bonds. The highest BCUT2D eigenvalue weighted by Gasteiger charge is 2.43. The molecule has 41 heavy (non-hydrogen) atoms. The lowest BCUT2D eigenvalue weighted by molar-refractivity contribution is -0.141. The Morgan fingerprint density at radius 1 is 1.22 bits per heavy atom. The number of nitrogens with zero attached hydrogens (tertiary/aromatic N) is 3. The highest BCUT2D eigenvalue weighted by molar-refractivity contribution is 7.13. The van der Waals surface area contributed by atoms with E-state index in [-0.39, 0.29) is 37.1 Å². The SMILES string of the molecule is Cc1cc([C@H](C(=O)N2C[C@H](O)C[C@H]2C(=O)N[C@@H](CC(=O)NCCN)c2ccc(-c3scnc3C)cc2)C(C)C)on1. The number of hydrogen-bond acceptors (Lipinski definition) is 9. The maximum absolute atomic E-state index is 13.8. The summed E-state index contributed by atoms with van der Waals surface area (Å²) >= 11 is 1.54. The number of aliphatic hydroxyl groups is 1. The quantitative estimate of drug-likeness (QED) is 0.268. The minimum Gasteiger partial charge on any atom is -0.391 e. The van der Waals surface area contributed by atoms with Gasteiger partial charge in [0.15, 0.2) is 0 Å². The molecule has 1 fully saturated rings. The van der Waals surface area contributed by atoms with E-state index in [1.54, 1.807) is 29.8 Å². The molecule has 1 aromatic carbocycles. The van der Waals surface area contributed by atoms with Gasteiger partial charge in [-0.15, -0.1) is 11.3 Å². The maximum Gasteiger partial charge on any atom is 0.243 e. The molecule has 1 saturated heterocycles. The molecule has 1 aliphatic heterocycles. The Hall–Kier alpha value is -3.61. The fourth-order valence-electron chi connectivity index (χ4n) is 5.18.